The number of fused-ring (bicyclic) bond motifs is 11. The van der Waals surface area contributed by atoms with E-state index in [-0.39, 0.29) is 5.56 Å². The smallest absolute Gasteiger partial charge is 0.266 e. The molecular weight excluding hydrogens is 536 g/mol. The van der Waals surface area contributed by atoms with Gasteiger partial charge in [-0.05, 0) is 87.6 Å². The van der Waals surface area contributed by atoms with Crippen LogP contribution in [-0.4, -0.2) is 8.97 Å². The van der Waals surface area contributed by atoms with Crippen LogP contribution in [0.1, 0.15) is 11.1 Å². The first-order chi connectivity index (χ1) is 21.6. The van der Waals surface area contributed by atoms with Gasteiger partial charge in [0.25, 0.3) is 5.56 Å². The van der Waals surface area contributed by atoms with Crippen LogP contribution >= 0.6 is 0 Å². The van der Waals surface area contributed by atoms with Gasteiger partial charge >= 0.3 is 0 Å². The van der Waals surface area contributed by atoms with Crippen LogP contribution in [0.4, 0.5) is 0 Å². The molecule has 0 aliphatic heterocycles. The quantitative estimate of drug-likeness (QED) is 0.192. The first-order valence-electron chi connectivity index (χ1n) is 15.1. The molecule has 3 nitrogen and oxygen atoms in total. The molecule has 2 heterocycles. The Bertz CT molecular complexity index is 2670. The van der Waals surface area contributed by atoms with Gasteiger partial charge in [0.1, 0.15) is 5.65 Å². The lowest BCUT2D eigenvalue weighted by Gasteiger charge is -2.17. The summed E-state index contributed by atoms with van der Waals surface area (Å²) >= 11 is 0. The SMILES string of the molecule is Cc1ccc(-n2c(=O)c3ccccc3n3c4ccccc4c(-c4ccc5c6ccccc6c6ccccc6c5c4)c23)c(C)c1. The molecule has 0 bridgehead atoms. The van der Waals surface area contributed by atoms with Crippen LogP contribution < -0.4 is 5.56 Å². The van der Waals surface area contributed by atoms with Crippen molar-refractivity contribution >= 4 is 59.8 Å². The predicted molar refractivity (Wildman–Crippen MR) is 185 cm³/mol. The van der Waals surface area contributed by atoms with E-state index in [0.29, 0.717) is 5.39 Å². The van der Waals surface area contributed by atoms with Gasteiger partial charge in [0.05, 0.1) is 22.1 Å². The van der Waals surface area contributed by atoms with E-state index in [9.17, 15) is 4.79 Å². The third-order valence-corrected chi connectivity index (χ3v) is 9.27. The van der Waals surface area contributed by atoms with Crippen LogP contribution in [0, 0.1) is 13.8 Å². The molecule has 208 valence electrons. The zero-order valence-corrected chi connectivity index (χ0v) is 24.5. The van der Waals surface area contributed by atoms with Crippen molar-refractivity contribution in [2.45, 2.75) is 13.8 Å². The lowest BCUT2D eigenvalue weighted by Crippen LogP contribution is -2.22. The molecule has 0 aliphatic carbocycles. The number of hydrogen-bond acceptors (Lipinski definition) is 1. The topological polar surface area (TPSA) is 26.4 Å². The van der Waals surface area contributed by atoms with Crippen molar-refractivity contribution in [2.75, 3.05) is 0 Å². The van der Waals surface area contributed by atoms with Crippen LogP contribution in [0.15, 0.2) is 138 Å². The number of benzene rings is 7. The predicted octanol–water partition coefficient (Wildman–Crippen LogP) is 10.1. The molecule has 2 aromatic heterocycles. The summed E-state index contributed by atoms with van der Waals surface area (Å²) in [5.41, 5.74) is 8.14. The van der Waals surface area contributed by atoms with Crippen LogP contribution in [-0.2, 0) is 0 Å². The molecule has 0 fully saturated rings. The summed E-state index contributed by atoms with van der Waals surface area (Å²) in [6.45, 7) is 4.19. The third kappa shape index (κ3) is 3.35. The Morgan fingerprint density at radius 1 is 0.477 bits per heavy atom. The standard InChI is InChI=1S/C41H28N2O/c1-25-19-22-36(26(2)23-25)43-40-39(33-15-7-9-17-37(33)42(40)38-18-10-8-16-34(38)41(43)44)27-20-21-32-30-13-4-3-11-28(30)29-12-5-6-14-31(29)35(32)24-27/h3-24H,1-2H3. The normalized spacial score (nSPS) is 12.0. The van der Waals surface area contributed by atoms with Gasteiger partial charge in [-0.2, -0.15) is 0 Å². The number of aromatic nitrogens is 2. The van der Waals surface area contributed by atoms with E-state index in [1.165, 1.54) is 37.9 Å². The first kappa shape index (κ1) is 24.9. The molecule has 3 heteroatoms. The van der Waals surface area contributed by atoms with Gasteiger partial charge < -0.3 is 0 Å². The maximum absolute atomic E-state index is 14.5. The molecule has 0 amide bonds. The number of aryl methyl sites for hydroxylation is 2. The summed E-state index contributed by atoms with van der Waals surface area (Å²) in [5, 5.41) is 9.24. The summed E-state index contributed by atoms with van der Waals surface area (Å²) in [4.78, 5) is 14.5. The van der Waals surface area contributed by atoms with Crippen molar-refractivity contribution in [3.05, 3.63) is 155 Å². The molecule has 9 aromatic rings. The van der Waals surface area contributed by atoms with Gasteiger partial charge in [-0.3, -0.25) is 13.8 Å². The zero-order valence-electron chi connectivity index (χ0n) is 24.5. The highest BCUT2D eigenvalue weighted by atomic mass is 16.1. The average Bonchev–Trinajstić information content (AvgIpc) is 3.40. The number of rotatable bonds is 2. The van der Waals surface area contributed by atoms with Gasteiger partial charge in [-0.1, -0.05) is 109 Å². The summed E-state index contributed by atoms with van der Waals surface area (Å²) < 4.78 is 4.22. The van der Waals surface area contributed by atoms with Crippen molar-refractivity contribution < 1.29 is 0 Å². The Balaban J connectivity index is 1.51. The van der Waals surface area contributed by atoms with Gasteiger partial charge in [0.2, 0.25) is 0 Å². The molecule has 7 aromatic carbocycles. The van der Waals surface area contributed by atoms with Gasteiger partial charge in [0.15, 0.2) is 0 Å². The minimum atomic E-state index is -0.0126. The van der Waals surface area contributed by atoms with Crippen molar-refractivity contribution in [1.29, 1.82) is 0 Å². The Hall–Kier alpha value is -5.67. The maximum Gasteiger partial charge on any atom is 0.266 e. The van der Waals surface area contributed by atoms with E-state index < -0.39 is 0 Å². The fourth-order valence-corrected chi connectivity index (χ4v) is 7.38. The van der Waals surface area contributed by atoms with E-state index in [2.05, 4.69) is 134 Å². The fourth-order valence-electron chi connectivity index (χ4n) is 7.38. The molecule has 44 heavy (non-hydrogen) atoms. The number of para-hydroxylation sites is 2. The van der Waals surface area contributed by atoms with Gasteiger partial charge in [-0.25, -0.2) is 0 Å². The second-order valence-corrected chi connectivity index (χ2v) is 11.9. The van der Waals surface area contributed by atoms with Gasteiger partial charge in [-0.15, -0.1) is 0 Å². The zero-order chi connectivity index (χ0) is 29.5. The third-order valence-electron chi connectivity index (χ3n) is 9.27. The Morgan fingerprint density at radius 3 is 1.64 bits per heavy atom. The molecule has 0 radical (unpaired) electrons. The Kier molecular flexibility index (Phi) is 5.18. The van der Waals surface area contributed by atoms with Crippen molar-refractivity contribution in [3.63, 3.8) is 0 Å². The molecule has 0 atom stereocenters. The molecular formula is C41H28N2O. The Labute approximate surface area is 253 Å². The largest absolute Gasteiger partial charge is 0.294 e. The second-order valence-electron chi connectivity index (χ2n) is 11.9. The van der Waals surface area contributed by atoms with E-state index in [0.717, 1.165) is 44.4 Å². The molecule has 0 unspecified atom stereocenters. The molecule has 0 spiro atoms. The van der Waals surface area contributed by atoms with E-state index >= 15 is 0 Å². The average molecular weight is 565 g/mol. The first-order valence-corrected chi connectivity index (χ1v) is 15.1. The summed E-state index contributed by atoms with van der Waals surface area (Å²) in [7, 11) is 0. The monoisotopic (exact) mass is 564 g/mol. The van der Waals surface area contributed by atoms with Gasteiger partial charge in [0, 0.05) is 10.9 Å². The van der Waals surface area contributed by atoms with Crippen LogP contribution in [0.2, 0.25) is 0 Å². The molecule has 0 saturated heterocycles. The molecule has 9 rings (SSSR count). The van der Waals surface area contributed by atoms with Crippen molar-refractivity contribution in [1.82, 2.24) is 8.97 Å². The summed E-state index contributed by atoms with van der Waals surface area (Å²) in [6.07, 6.45) is 0. The van der Waals surface area contributed by atoms with Crippen molar-refractivity contribution in [3.8, 4) is 16.8 Å². The lowest BCUT2D eigenvalue weighted by atomic mass is 9.92. The number of nitrogens with zero attached hydrogens (tertiary/aromatic N) is 2. The van der Waals surface area contributed by atoms with E-state index in [1.54, 1.807) is 0 Å². The highest BCUT2D eigenvalue weighted by Crippen LogP contribution is 2.42. The minimum absolute atomic E-state index is 0.0126. The minimum Gasteiger partial charge on any atom is -0.294 e. The van der Waals surface area contributed by atoms with E-state index in [4.69, 9.17) is 0 Å². The summed E-state index contributed by atoms with van der Waals surface area (Å²) in [6, 6.07) is 47.0. The van der Waals surface area contributed by atoms with Crippen molar-refractivity contribution in [2.24, 2.45) is 0 Å². The Morgan fingerprint density at radius 2 is 1.00 bits per heavy atom. The fraction of sp³-hybridized carbons (Fsp3) is 0.0488. The molecule has 0 N–H and O–H groups in total. The molecule has 0 aliphatic rings. The number of hydrogen-bond donors (Lipinski definition) is 0. The highest BCUT2D eigenvalue weighted by molar-refractivity contribution is 6.26. The maximum atomic E-state index is 14.5. The lowest BCUT2D eigenvalue weighted by molar-refractivity contribution is 0.995. The van der Waals surface area contributed by atoms with Crippen LogP contribution in [0.3, 0.4) is 0 Å². The summed E-state index contributed by atoms with van der Waals surface area (Å²) in [5.74, 6) is 0. The highest BCUT2D eigenvalue weighted by Gasteiger charge is 2.23. The van der Waals surface area contributed by atoms with E-state index in [1.807, 2.05) is 22.8 Å². The molecule has 0 saturated carbocycles. The van der Waals surface area contributed by atoms with Crippen LogP contribution in [0.5, 0.6) is 0 Å². The van der Waals surface area contributed by atoms with Crippen LogP contribution in [0.25, 0.3) is 76.6 Å². The second kappa shape index (κ2) is 9.16.